The molecule has 3 nitrogen and oxygen atoms in total. The monoisotopic (exact) mass is 311 g/mol. The molecule has 0 bridgehead atoms. The summed E-state index contributed by atoms with van der Waals surface area (Å²) in [6.07, 6.45) is 0.204. The second kappa shape index (κ2) is 7.31. The van der Waals surface area contributed by atoms with E-state index in [1.807, 2.05) is 32.0 Å². The number of rotatable bonds is 6. The molecule has 4 heteroatoms. The Bertz CT molecular complexity index is 402. The van der Waals surface area contributed by atoms with Gasteiger partial charge in [0.2, 0.25) is 5.91 Å². The Morgan fingerprint density at radius 2 is 1.72 bits per heavy atom. The fraction of sp³-hybridized carbons (Fsp3) is 0.429. The molecule has 0 aliphatic carbocycles. The molecule has 0 aliphatic heterocycles. The van der Waals surface area contributed by atoms with Crippen molar-refractivity contribution in [3.63, 3.8) is 0 Å². The lowest BCUT2D eigenvalue weighted by atomic mass is 10.1. The number of Topliss-reactive ketones (excluding diaryl/α,β-unsaturated/α-hetero) is 1. The maximum atomic E-state index is 12.1. The number of benzene rings is 1. The highest BCUT2D eigenvalue weighted by molar-refractivity contribution is 9.10. The average molecular weight is 312 g/mol. The minimum Gasteiger partial charge on any atom is -0.343 e. The molecule has 1 aromatic carbocycles. The molecular formula is C14H18BrNO2. The summed E-state index contributed by atoms with van der Waals surface area (Å²) in [5.74, 6) is -0.0396. The van der Waals surface area contributed by atoms with Gasteiger partial charge in [-0.1, -0.05) is 46.3 Å². The van der Waals surface area contributed by atoms with Crippen molar-refractivity contribution in [3.8, 4) is 0 Å². The van der Waals surface area contributed by atoms with Gasteiger partial charge in [-0.25, -0.2) is 0 Å². The van der Waals surface area contributed by atoms with Crippen LogP contribution in [-0.4, -0.2) is 34.5 Å². The Morgan fingerprint density at radius 1 is 1.17 bits per heavy atom. The van der Waals surface area contributed by atoms with E-state index < -0.39 is 4.83 Å². The number of amides is 1. The fourth-order valence-corrected chi connectivity index (χ4v) is 2.28. The van der Waals surface area contributed by atoms with Gasteiger partial charge in [-0.3, -0.25) is 9.59 Å². The summed E-state index contributed by atoms with van der Waals surface area (Å²) < 4.78 is 0. The van der Waals surface area contributed by atoms with Gasteiger partial charge in [-0.15, -0.1) is 0 Å². The van der Waals surface area contributed by atoms with E-state index in [2.05, 4.69) is 15.9 Å². The summed E-state index contributed by atoms with van der Waals surface area (Å²) in [5, 5.41) is 0. The van der Waals surface area contributed by atoms with Crippen molar-refractivity contribution in [2.45, 2.75) is 25.1 Å². The highest BCUT2D eigenvalue weighted by atomic mass is 79.9. The molecule has 0 aromatic heterocycles. The lowest BCUT2D eigenvalue weighted by Gasteiger charge is -2.19. The van der Waals surface area contributed by atoms with Crippen LogP contribution in [0, 0.1) is 0 Å². The molecule has 0 saturated carbocycles. The maximum Gasteiger partial charge on any atom is 0.224 e. The quantitative estimate of drug-likeness (QED) is 0.598. The second-order valence-corrected chi connectivity index (χ2v) is 5.07. The molecule has 1 rings (SSSR count). The zero-order valence-corrected chi connectivity index (χ0v) is 12.3. The average Bonchev–Trinajstić information content (AvgIpc) is 2.40. The number of carbonyl (C=O) groups is 2. The third-order valence-corrected chi connectivity index (χ3v) is 3.55. The fourth-order valence-electron chi connectivity index (χ4n) is 1.73. The van der Waals surface area contributed by atoms with Crippen LogP contribution in [0.15, 0.2) is 30.3 Å². The predicted octanol–water partition coefficient (Wildman–Crippen LogP) is 2.89. The van der Waals surface area contributed by atoms with Gasteiger partial charge in [0.25, 0.3) is 0 Å². The van der Waals surface area contributed by atoms with Crippen molar-refractivity contribution >= 4 is 27.6 Å². The smallest absolute Gasteiger partial charge is 0.224 e. The third kappa shape index (κ3) is 3.95. The predicted molar refractivity (Wildman–Crippen MR) is 76.0 cm³/mol. The molecule has 18 heavy (non-hydrogen) atoms. The van der Waals surface area contributed by atoms with Crippen LogP contribution in [0.4, 0.5) is 0 Å². The normalized spacial score (nSPS) is 11.9. The summed E-state index contributed by atoms with van der Waals surface area (Å²) >= 11 is 3.31. The van der Waals surface area contributed by atoms with Gasteiger partial charge < -0.3 is 4.90 Å². The molecule has 0 saturated heterocycles. The summed E-state index contributed by atoms with van der Waals surface area (Å²) in [6.45, 7) is 5.22. The van der Waals surface area contributed by atoms with Gasteiger partial charge in [-0.2, -0.15) is 0 Å². The van der Waals surface area contributed by atoms with Crippen molar-refractivity contribution in [2.24, 2.45) is 0 Å². The van der Waals surface area contributed by atoms with Gasteiger partial charge in [0, 0.05) is 25.1 Å². The molecule has 0 spiro atoms. The van der Waals surface area contributed by atoms with Crippen LogP contribution >= 0.6 is 15.9 Å². The van der Waals surface area contributed by atoms with Gasteiger partial charge in [0.15, 0.2) is 5.78 Å². The van der Waals surface area contributed by atoms with Crippen molar-refractivity contribution in [2.75, 3.05) is 13.1 Å². The Kier molecular flexibility index (Phi) is 6.05. The molecular weight excluding hydrogens is 294 g/mol. The number of hydrogen-bond acceptors (Lipinski definition) is 2. The SMILES string of the molecule is CCN(CC)C(=O)C[C@H](Br)C(=O)c1ccccc1. The van der Waals surface area contributed by atoms with Crippen LogP contribution in [0.3, 0.4) is 0 Å². The standard InChI is InChI=1S/C14H18BrNO2/c1-3-16(4-2)13(17)10-12(15)14(18)11-8-6-5-7-9-11/h5-9,12H,3-4,10H2,1-2H3/t12-/m0/s1. The lowest BCUT2D eigenvalue weighted by molar-refractivity contribution is -0.130. The lowest BCUT2D eigenvalue weighted by Crippen LogP contribution is -2.33. The van der Waals surface area contributed by atoms with Crippen LogP contribution in [0.25, 0.3) is 0 Å². The summed E-state index contributed by atoms with van der Waals surface area (Å²) in [6, 6.07) is 9.02. The number of ketones is 1. The Balaban J connectivity index is 2.63. The first-order chi connectivity index (χ1) is 8.60. The topological polar surface area (TPSA) is 37.4 Å². The number of nitrogens with zero attached hydrogens (tertiary/aromatic N) is 1. The largest absolute Gasteiger partial charge is 0.343 e. The molecule has 0 heterocycles. The van der Waals surface area contributed by atoms with Crippen LogP contribution in [0.5, 0.6) is 0 Å². The van der Waals surface area contributed by atoms with Crippen molar-refractivity contribution in [1.29, 1.82) is 0 Å². The van der Waals surface area contributed by atoms with Crippen LogP contribution in [-0.2, 0) is 4.79 Å². The molecule has 1 atom stereocenters. The Morgan fingerprint density at radius 3 is 2.22 bits per heavy atom. The van der Waals surface area contributed by atoms with E-state index in [1.54, 1.807) is 17.0 Å². The van der Waals surface area contributed by atoms with Gasteiger partial charge in [0.05, 0.1) is 4.83 Å². The second-order valence-electron chi connectivity index (χ2n) is 3.97. The van der Waals surface area contributed by atoms with E-state index >= 15 is 0 Å². The first-order valence-electron chi connectivity index (χ1n) is 6.11. The Hall–Kier alpha value is -1.16. The molecule has 0 radical (unpaired) electrons. The Labute approximate surface area is 116 Å². The van der Waals surface area contributed by atoms with Crippen LogP contribution in [0.2, 0.25) is 0 Å². The molecule has 0 fully saturated rings. The van der Waals surface area contributed by atoms with E-state index in [4.69, 9.17) is 0 Å². The van der Waals surface area contributed by atoms with E-state index in [9.17, 15) is 9.59 Å². The maximum absolute atomic E-state index is 12.1. The highest BCUT2D eigenvalue weighted by Crippen LogP contribution is 2.15. The summed E-state index contributed by atoms with van der Waals surface area (Å²) in [7, 11) is 0. The van der Waals surface area contributed by atoms with Gasteiger partial charge in [0.1, 0.15) is 0 Å². The number of carbonyl (C=O) groups excluding carboxylic acids is 2. The third-order valence-electron chi connectivity index (χ3n) is 2.81. The van der Waals surface area contributed by atoms with E-state index in [1.165, 1.54) is 0 Å². The zero-order valence-electron chi connectivity index (χ0n) is 10.7. The van der Waals surface area contributed by atoms with Crippen molar-refractivity contribution in [3.05, 3.63) is 35.9 Å². The zero-order chi connectivity index (χ0) is 13.5. The summed E-state index contributed by atoms with van der Waals surface area (Å²) in [4.78, 5) is 25.2. The molecule has 98 valence electrons. The first kappa shape index (κ1) is 14.9. The first-order valence-corrected chi connectivity index (χ1v) is 7.02. The van der Waals surface area contributed by atoms with Crippen LogP contribution < -0.4 is 0 Å². The van der Waals surface area contributed by atoms with Crippen molar-refractivity contribution < 1.29 is 9.59 Å². The van der Waals surface area contributed by atoms with Gasteiger partial charge in [-0.05, 0) is 13.8 Å². The molecule has 1 aromatic rings. The number of alkyl halides is 1. The van der Waals surface area contributed by atoms with Gasteiger partial charge >= 0.3 is 0 Å². The van der Waals surface area contributed by atoms with Crippen molar-refractivity contribution in [1.82, 2.24) is 4.90 Å². The molecule has 0 N–H and O–H groups in total. The van der Waals surface area contributed by atoms with Crippen LogP contribution in [0.1, 0.15) is 30.6 Å². The number of halogens is 1. The highest BCUT2D eigenvalue weighted by Gasteiger charge is 2.22. The van der Waals surface area contributed by atoms with E-state index in [-0.39, 0.29) is 18.1 Å². The number of hydrogen-bond donors (Lipinski definition) is 0. The molecule has 0 unspecified atom stereocenters. The summed E-state index contributed by atoms with van der Waals surface area (Å²) in [5.41, 5.74) is 0.631. The molecule has 1 amide bonds. The molecule has 0 aliphatic rings. The minimum atomic E-state index is -0.451. The van der Waals surface area contributed by atoms with E-state index in [0.29, 0.717) is 18.7 Å². The minimum absolute atomic E-state index is 0.00570. The van der Waals surface area contributed by atoms with E-state index in [0.717, 1.165) is 0 Å².